The van der Waals surface area contributed by atoms with Gasteiger partial charge in [-0.15, -0.1) is 0 Å². The van der Waals surface area contributed by atoms with Gasteiger partial charge in [-0.1, -0.05) is 41.5 Å². The van der Waals surface area contributed by atoms with Crippen LogP contribution in [0.4, 0.5) is 0 Å². The standard InChI is InChI=1S/C34H68N2O11P2/c1-17-43-49(40,44-18-2)30(32(8,9)10)36(34(14,15)16)46-26(4)28(38)42-24-22-20-19-21-23-41-27(37)25(3)45-35(33(11,12)13)29(47-48-39)31(5,6)7/h25-26,29-30H,17-24H2,1-16H3. The van der Waals surface area contributed by atoms with Gasteiger partial charge in [-0.25, -0.2) is 14.2 Å². The summed E-state index contributed by atoms with van der Waals surface area (Å²) >= 11 is 0. The topological polar surface area (TPSA) is 139 Å². The van der Waals surface area contributed by atoms with Gasteiger partial charge in [-0.05, 0) is 100 Å². The molecule has 290 valence electrons. The number of hydrogen-bond acceptors (Lipinski definition) is 13. The summed E-state index contributed by atoms with van der Waals surface area (Å²) in [4.78, 5) is 37.8. The molecule has 0 saturated heterocycles. The second-order valence-corrected chi connectivity index (χ2v) is 18.7. The van der Waals surface area contributed by atoms with Gasteiger partial charge in [0, 0.05) is 16.5 Å². The molecule has 0 aliphatic heterocycles. The van der Waals surface area contributed by atoms with E-state index >= 15 is 0 Å². The molecule has 13 nitrogen and oxygen atoms in total. The van der Waals surface area contributed by atoms with Crippen molar-refractivity contribution < 1.29 is 51.4 Å². The first kappa shape index (κ1) is 48.0. The Bertz CT molecular complexity index is 1040. The Labute approximate surface area is 298 Å². The van der Waals surface area contributed by atoms with Gasteiger partial charge in [-0.3, -0.25) is 18.8 Å². The zero-order valence-corrected chi connectivity index (χ0v) is 35.0. The Hall–Kier alpha value is -1.01. The average Bonchev–Trinajstić information content (AvgIpc) is 2.93. The van der Waals surface area contributed by atoms with Gasteiger partial charge in [0.25, 0.3) is 0 Å². The van der Waals surface area contributed by atoms with Crippen molar-refractivity contribution in [3.63, 3.8) is 0 Å². The smallest absolute Gasteiger partial charge is 0.350 e. The van der Waals surface area contributed by atoms with Crippen LogP contribution in [0, 0.1) is 10.8 Å². The van der Waals surface area contributed by atoms with Crippen LogP contribution in [0.5, 0.6) is 0 Å². The van der Waals surface area contributed by atoms with Crippen LogP contribution in [0.25, 0.3) is 0 Å². The van der Waals surface area contributed by atoms with E-state index in [4.69, 9.17) is 32.7 Å². The first-order chi connectivity index (χ1) is 22.3. The van der Waals surface area contributed by atoms with E-state index in [1.807, 2.05) is 83.1 Å². The highest BCUT2D eigenvalue weighted by Crippen LogP contribution is 2.60. The van der Waals surface area contributed by atoms with Crippen LogP contribution < -0.4 is 0 Å². The van der Waals surface area contributed by atoms with Gasteiger partial charge in [0.1, 0.15) is 5.78 Å². The predicted molar refractivity (Wildman–Crippen MR) is 191 cm³/mol. The first-order valence-corrected chi connectivity index (χ1v) is 19.7. The molecule has 0 amide bonds. The number of nitrogens with zero attached hydrogens (tertiary/aromatic N) is 2. The van der Waals surface area contributed by atoms with Crippen molar-refractivity contribution in [2.45, 2.75) is 172 Å². The third kappa shape index (κ3) is 16.9. The van der Waals surface area contributed by atoms with E-state index in [0.29, 0.717) is 12.8 Å². The molecule has 0 aliphatic rings. The molecular formula is C34H68N2O11P2. The lowest BCUT2D eigenvalue weighted by molar-refractivity contribution is -0.310. The molecule has 0 rings (SSSR count). The van der Waals surface area contributed by atoms with Crippen molar-refractivity contribution in [3.05, 3.63) is 0 Å². The normalized spacial score (nSPS) is 16.1. The third-order valence-electron chi connectivity index (χ3n) is 7.07. The van der Waals surface area contributed by atoms with Gasteiger partial charge >= 0.3 is 28.2 Å². The second-order valence-electron chi connectivity index (χ2n) is 16.3. The Morgan fingerprint density at radius 2 is 1.04 bits per heavy atom. The molecule has 0 radical (unpaired) electrons. The summed E-state index contributed by atoms with van der Waals surface area (Å²) in [6.45, 7) is 30.6. The summed E-state index contributed by atoms with van der Waals surface area (Å²) in [6.07, 6.45) is 0.223. The fraction of sp³-hybridized carbons (Fsp3) is 0.941. The van der Waals surface area contributed by atoms with E-state index in [1.54, 1.807) is 37.8 Å². The number of hydroxylamine groups is 4. The fourth-order valence-electron chi connectivity index (χ4n) is 4.80. The number of hydrogen-bond donors (Lipinski definition) is 0. The van der Waals surface area contributed by atoms with Crippen molar-refractivity contribution in [2.75, 3.05) is 26.4 Å². The molecular weight excluding hydrogens is 674 g/mol. The van der Waals surface area contributed by atoms with Crippen LogP contribution in [0.1, 0.15) is 136 Å². The van der Waals surface area contributed by atoms with Crippen molar-refractivity contribution in [1.82, 2.24) is 10.1 Å². The zero-order chi connectivity index (χ0) is 38.4. The summed E-state index contributed by atoms with van der Waals surface area (Å²) in [5, 5.41) is 3.13. The minimum atomic E-state index is -3.68. The number of ether oxygens (including phenoxy) is 2. The lowest BCUT2D eigenvalue weighted by Crippen LogP contribution is -2.55. The van der Waals surface area contributed by atoms with Crippen molar-refractivity contribution in [3.8, 4) is 0 Å². The molecule has 0 aromatic rings. The van der Waals surface area contributed by atoms with E-state index in [0.717, 1.165) is 12.8 Å². The molecule has 0 N–H and O–H groups in total. The van der Waals surface area contributed by atoms with Crippen molar-refractivity contribution in [1.29, 1.82) is 0 Å². The van der Waals surface area contributed by atoms with Crippen LogP contribution in [0.2, 0.25) is 0 Å². The van der Waals surface area contributed by atoms with E-state index < -0.39 is 74.3 Å². The van der Waals surface area contributed by atoms with Crippen molar-refractivity contribution >= 4 is 28.2 Å². The molecule has 0 saturated carbocycles. The summed E-state index contributed by atoms with van der Waals surface area (Å²) in [5.41, 5.74) is -2.25. The van der Waals surface area contributed by atoms with Gasteiger partial charge in [0.15, 0.2) is 18.4 Å². The van der Waals surface area contributed by atoms with Gasteiger partial charge in [-0.2, -0.15) is 10.1 Å². The highest BCUT2D eigenvalue weighted by Gasteiger charge is 2.52. The molecule has 15 heteroatoms. The Morgan fingerprint density at radius 3 is 1.35 bits per heavy atom. The highest BCUT2D eigenvalue weighted by molar-refractivity contribution is 7.54. The predicted octanol–water partition coefficient (Wildman–Crippen LogP) is 8.71. The Kier molecular flexibility index (Phi) is 20.5. The van der Waals surface area contributed by atoms with Crippen LogP contribution in [0.3, 0.4) is 0 Å². The number of rotatable bonds is 22. The first-order valence-electron chi connectivity index (χ1n) is 17.4. The van der Waals surface area contributed by atoms with E-state index in [-0.39, 0.29) is 26.4 Å². The Morgan fingerprint density at radius 1 is 0.653 bits per heavy atom. The molecule has 49 heavy (non-hydrogen) atoms. The van der Waals surface area contributed by atoms with Gasteiger partial charge in [0.2, 0.25) is 0 Å². The number of carbonyl (C=O) groups excluding carboxylic acids is 2. The van der Waals surface area contributed by atoms with Crippen LogP contribution in [-0.2, 0) is 51.4 Å². The maximum Gasteiger partial charge on any atom is 0.350 e. The van der Waals surface area contributed by atoms with Crippen LogP contribution in [0.15, 0.2) is 0 Å². The van der Waals surface area contributed by atoms with Gasteiger partial charge in [0.05, 0.1) is 26.4 Å². The lowest BCUT2D eigenvalue weighted by atomic mass is 9.92. The summed E-state index contributed by atoms with van der Waals surface area (Å²) < 4.78 is 53.1. The highest BCUT2D eigenvalue weighted by atomic mass is 31.2. The SMILES string of the molecule is CCOP(=O)(OCC)C(N(OC(C)C(=O)OCCCCCCOC(=O)C(C)ON(C(OP=O)C(C)(C)C)C(C)(C)C)C(C)(C)C)C(C)(C)C. The third-order valence-corrected chi connectivity index (χ3v) is 10.2. The zero-order valence-electron chi connectivity index (χ0n) is 33.2. The van der Waals surface area contributed by atoms with Crippen molar-refractivity contribution in [2.24, 2.45) is 10.8 Å². The quantitative estimate of drug-likeness (QED) is 0.0344. The molecule has 0 bridgehead atoms. The number of unbranched alkanes of at least 4 members (excludes halogenated alkanes) is 3. The molecule has 4 unspecified atom stereocenters. The van der Waals surface area contributed by atoms with Crippen LogP contribution >= 0.6 is 16.3 Å². The molecule has 4 atom stereocenters. The molecule has 0 aliphatic carbocycles. The largest absolute Gasteiger partial charge is 0.464 e. The minimum absolute atomic E-state index is 0.198. The van der Waals surface area contributed by atoms with E-state index in [9.17, 15) is 18.7 Å². The molecule has 0 fully saturated rings. The second kappa shape index (κ2) is 20.9. The average molecular weight is 743 g/mol. The van der Waals surface area contributed by atoms with Crippen LogP contribution in [-0.4, -0.2) is 83.8 Å². The fourth-order valence-corrected chi connectivity index (χ4v) is 7.97. The molecule has 0 aromatic carbocycles. The number of carbonyl (C=O) groups is 2. The van der Waals surface area contributed by atoms with Gasteiger partial charge < -0.3 is 18.5 Å². The lowest BCUT2D eigenvalue weighted by Gasteiger charge is -2.47. The molecule has 0 heterocycles. The van der Waals surface area contributed by atoms with E-state index in [1.165, 1.54) is 0 Å². The molecule has 0 spiro atoms. The summed E-state index contributed by atoms with van der Waals surface area (Å²) in [7, 11) is -4.16. The Balaban J connectivity index is 4.99. The monoisotopic (exact) mass is 742 g/mol. The minimum Gasteiger partial charge on any atom is -0.464 e. The molecule has 0 aromatic heterocycles. The maximum atomic E-state index is 14.0. The maximum absolute atomic E-state index is 14.0. The summed E-state index contributed by atoms with van der Waals surface area (Å²) in [6, 6.07) is 0. The summed E-state index contributed by atoms with van der Waals surface area (Å²) in [5.74, 6) is -1.85. The van der Waals surface area contributed by atoms with E-state index in [2.05, 4.69) is 0 Å². The number of esters is 2.